The van der Waals surface area contributed by atoms with Gasteiger partial charge in [-0.15, -0.1) is 0 Å². The Morgan fingerprint density at radius 3 is 2.86 bits per heavy atom. The zero-order valence-electron chi connectivity index (χ0n) is 11.7. The van der Waals surface area contributed by atoms with E-state index in [0.29, 0.717) is 25.1 Å². The third-order valence-electron chi connectivity index (χ3n) is 3.74. The largest absolute Gasteiger partial charge is 0.393 e. The summed E-state index contributed by atoms with van der Waals surface area (Å²) >= 11 is 0. The number of nitrogen functional groups attached to an aromatic ring is 1. The van der Waals surface area contributed by atoms with Crippen LogP contribution in [0.15, 0.2) is 18.2 Å². The number of piperidine rings is 1. The van der Waals surface area contributed by atoms with Gasteiger partial charge in [0.2, 0.25) is 0 Å². The molecule has 8 heteroatoms. The molecule has 1 amide bonds. The molecule has 2 rings (SSSR count). The lowest BCUT2D eigenvalue weighted by molar-refractivity contribution is -0.384. The lowest BCUT2D eigenvalue weighted by Gasteiger charge is -2.34. The Morgan fingerprint density at radius 2 is 2.29 bits per heavy atom. The van der Waals surface area contributed by atoms with Crippen molar-refractivity contribution in [2.45, 2.75) is 19.4 Å². The second kappa shape index (κ2) is 6.06. The minimum absolute atomic E-state index is 0.00727. The van der Waals surface area contributed by atoms with Crippen LogP contribution in [0.1, 0.15) is 23.7 Å². The van der Waals surface area contributed by atoms with Gasteiger partial charge in [-0.2, -0.15) is 0 Å². The van der Waals surface area contributed by atoms with Crippen LogP contribution in [-0.2, 0) is 0 Å². The topological polar surface area (TPSA) is 122 Å². The predicted molar refractivity (Wildman–Crippen MR) is 76.6 cm³/mol. The van der Waals surface area contributed by atoms with E-state index in [9.17, 15) is 20.0 Å². The van der Waals surface area contributed by atoms with Gasteiger partial charge in [-0.25, -0.2) is 0 Å². The van der Waals surface area contributed by atoms with Crippen LogP contribution in [-0.4, -0.2) is 40.0 Å². The molecule has 114 valence electrons. The number of hydrazine groups is 1. The SMILES string of the molecule is CC1CN(C(=O)c2ccc([N+](=O)[O-])c(NN)c2)CCC1O. The lowest BCUT2D eigenvalue weighted by Crippen LogP contribution is -2.44. The average molecular weight is 294 g/mol. The highest BCUT2D eigenvalue weighted by molar-refractivity contribution is 5.96. The van der Waals surface area contributed by atoms with Gasteiger partial charge in [0.1, 0.15) is 5.69 Å². The zero-order valence-corrected chi connectivity index (χ0v) is 11.7. The Bertz CT molecular complexity index is 563. The Hall–Kier alpha value is -2.19. The quantitative estimate of drug-likeness (QED) is 0.429. The first kappa shape index (κ1) is 15.2. The first-order chi connectivity index (χ1) is 9.93. The second-order valence-corrected chi connectivity index (χ2v) is 5.22. The molecule has 0 radical (unpaired) electrons. The van der Waals surface area contributed by atoms with Gasteiger partial charge in [0.05, 0.1) is 11.0 Å². The molecule has 2 atom stereocenters. The number of carbonyl (C=O) groups is 1. The number of nitro groups is 1. The van der Waals surface area contributed by atoms with Gasteiger partial charge in [0.25, 0.3) is 11.6 Å². The molecule has 2 unspecified atom stereocenters. The van der Waals surface area contributed by atoms with Gasteiger partial charge in [-0.1, -0.05) is 6.92 Å². The number of nitrogens with one attached hydrogen (secondary N) is 1. The summed E-state index contributed by atoms with van der Waals surface area (Å²) < 4.78 is 0. The molecule has 1 aromatic rings. The van der Waals surface area contributed by atoms with Crippen molar-refractivity contribution >= 4 is 17.3 Å². The maximum atomic E-state index is 12.4. The van der Waals surface area contributed by atoms with Gasteiger partial charge in [-0.3, -0.25) is 20.8 Å². The van der Waals surface area contributed by atoms with Crippen LogP contribution >= 0.6 is 0 Å². The Morgan fingerprint density at radius 1 is 1.57 bits per heavy atom. The molecule has 1 aromatic carbocycles. The molecule has 0 aliphatic carbocycles. The molecule has 1 fully saturated rings. The molecule has 1 saturated heterocycles. The summed E-state index contributed by atoms with van der Waals surface area (Å²) in [6, 6.07) is 4.04. The number of nitro benzene ring substituents is 1. The summed E-state index contributed by atoms with van der Waals surface area (Å²) in [5.41, 5.74) is 2.48. The molecule has 0 bridgehead atoms. The Labute approximate surface area is 121 Å². The third-order valence-corrected chi connectivity index (χ3v) is 3.74. The number of hydrogen-bond donors (Lipinski definition) is 3. The Balaban J connectivity index is 2.22. The van der Waals surface area contributed by atoms with Crippen LogP contribution < -0.4 is 11.3 Å². The highest BCUT2D eigenvalue weighted by Crippen LogP contribution is 2.26. The number of nitrogens with two attached hydrogens (primary N) is 1. The van der Waals surface area contributed by atoms with Crippen LogP contribution in [0.5, 0.6) is 0 Å². The number of nitrogens with zero attached hydrogens (tertiary/aromatic N) is 2. The first-order valence-electron chi connectivity index (χ1n) is 6.66. The van der Waals surface area contributed by atoms with Crippen molar-refractivity contribution in [1.82, 2.24) is 4.90 Å². The summed E-state index contributed by atoms with van der Waals surface area (Å²) in [4.78, 5) is 24.3. The van der Waals surface area contributed by atoms with Crippen LogP contribution in [0.3, 0.4) is 0 Å². The minimum atomic E-state index is -0.567. The van der Waals surface area contributed by atoms with Crippen molar-refractivity contribution in [3.05, 3.63) is 33.9 Å². The first-order valence-corrected chi connectivity index (χ1v) is 6.66. The standard InChI is InChI=1S/C13H18N4O4/c1-8-7-16(5-4-12(8)18)13(19)9-2-3-11(17(20)21)10(6-9)15-14/h2-3,6,8,12,15,18H,4-5,7,14H2,1H3. The van der Waals surface area contributed by atoms with E-state index in [-0.39, 0.29) is 23.2 Å². The molecule has 0 spiro atoms. The number of carbonyl (C=O) groups excluding carboxylic acids is 1. The molecule has 1 heterocycles. The van der Waals surface area contributed by atoms with Crippen LogP contribution in [0.4, 0.5) is 11.4 Å². The second-order valence-electron chi connectivity index (χ2n) is 5.22. The van der Waals surface area contributed by atoms with Crippen molar-refractivity contribution in [2.24, 2.45) is 11.8 Å². The number of aliphatic hydroxyl groups is 1. The predicted octanol–water partition coefficient (Wildman–Crippen LogP) is 0.723. The normalized spacial score (nSPS) is 22.0. The van der Waals surface area contributed by atoms with E-state index in [2.05, 4.69) is 5.43 Å². The summed E-state index contributed by atoms with van der Waals surface area (Å²) in [5, 5.41) is 20.5. The molecule has 1 aliphatic heterocycles. The average Bonchev–Trinajstić information content (AvgIpc) is 2.48. The van der Waals surface area contributed by atoms with Gasteiger partial charge in [0.15, 0.2) is 0 Å². The van der Waals surface area contributed by atoms with Crippen LogP contribution in [0.2, 0.25) is 0 Å². The molecular weight excluding hydrogens is 276 g/mol. The van der Waals surface area contributed by atoms with Gasteiger partial charge >= 0.3 is 0 Å². The number of benzene rings is 1. The summed E-state index contributed by atoms with van der Waals surface area (Å²) in [7, 11) is 0. The van der Waals surface area contributed by atoms with Gasteiger partial charge in [0, 0.05) is 24.7 Å². The van der Waals surface area contributed by atoms with Crippen molar-refractivity contribution in [1.29, 1.82) is 0 Å². The molecule has 0 saturated carbocycles. The number of anilines is 1. The Kier molecular flexibility index (Phi) is 4.39. The fourth-order valence-corrected chi connectivity index (χ4v) is 2.44. The number of hydrogen-bond acceptors (Lipinski definition) is 6. The van der Waals surface area contributed by atoms with Gasteiger partial charge in [-0.05, 0) is 24.5 Å². The maximum Gasteiger partial charge on any atom is 0.293 e. The van der Waals surface area contributed by atoms with Crippen molar-refractivity contribution < 1.29 is 14.8 Å². The monoisotopic (exact) mass is 294 g/mol. The van der Waals surface area contributed by atoms with E-state index in [0.717, 1.165) is 0 Å². The van der Waals surface area contributed by atoms with Crippen LogP contribution in [0, 0.1) is 16.0 Å². The van der Waals surface area contributed by atoms with Crippen LogP contribution in [0.25, 0.3) is 0 Å². The van der Waals surface area contributed by atoms with Crippen molar-refractivity contribution in [3.63, 3.8) is 0 Å². The lowest BCUT2D eigenvalue weighted by atomic mass is 9.96. The highest BCUT2D eigenvalue weighted by Gasteiger charge is 2.28. The van der Waals surface area contributed by atoms with Gasteiger partial charge < -0.3 is 15.4 Å². The van der Waals surface area contributed by atoms with E-state index < -0.39 is 11.0 Å². The summed E-state index contributed by atoms with van der Waals surface area (Å²) in [6.07, 6.45) is 0.134. The van der Waals surface area contributed by atoms with E-state index in [4.69, 9.17) is 5.84 Å². The van der Waals surface area contributed by atoms with E-state index in [1.54, 1.807) is 4.90 Å². The number of likely N-dealkylation sites (tertiary alicyclic amines) is 1. The zero-order chi connectivity index (χ0) is 15.6. The molecule has 8 nitrogen and oxygen atoms in total. The van der Waals surface area contributed by atoms with E-state index in [1.165, 1.54) is 18.2 Å². The molecule has 0 aromatic heterocycles. The van der Waals surface area contributed by atoms with E-state index in [1.807, 2.05) is 6.92 Å². The third kappa shape index (κ3) is 3.11. The maximum absolute atomic E-state index is 12.4. The number of amides is 1. The molecular formula is C13H18N4O4. The fraction of sp³-hybridized carbons (Fsp3) is 0.462. The van der Waals surface area contributed by atoms with Crippen molar-refractivity contribution in [3.8, 4) is 0 Å². The summed E-state index contributed by atoms with van der Waals surface area (Å²) in [5.74, 6) is 5.05. The van der Waals surface area contributed by atoms with E-state index >= 15 is 0 Å². The summed E-state index contributed by atoms with van der Waals surface area (Å²) in [6.45, 7) is 2.81. The molecule has 21 heavy (non-hydrogen) atoms. The molecule has 4 N–H and O–H groups in total. The number of aliphatic hydroxyl groups excluding tert-OH is 1. The highest BCUT2D eigenvalue weighted by atomic mass is 16.6. The number of rotatable bonds is 3. The fourth-order valence-electron chi connectivity index (χ4n) is 2.44. The van der Waals surface area contributed by atoms with Crippen molar-refractivity contribution in [2.75, 3.05) is 18.5 Å². The molecule has 1 aliphatic rings. The smallest absolute Gasteiger partial charge is 0.293 e. The minimum Gasteiger partial charge on any atom is -0.393 e.